The summed E-state index contributed by atoms with van der Waals surface area (Å²) in [6, 6.07) is 0.804. The largest absolute Gasteiger partial charge is 0.314 e. The molecule has 1 atom stereocenters. The summed E-state index contributed by atoms with van der Waals surface area (Å²) in [6.45, 7) is 1.07. The van der Waals surface area contributed by atoms with Gasteiger partial charge in [0, 0.05) is 30.7 Å². The maximum absolute atomic E-state index is 4.34. The molecule has 3 nitrogen and oxygen atoms in total. The van der Waals surface area contributed by atoms with Crippen molar-refractivity contribution in [2.45, 2.75) is 37.6 Å². The van der Waals surface area contributed by atoms with Crippen LogP contribution in [0.4, 0.5) is 0 Å². The van der Waals surface area contributed by atoms with E-state index in [2.05, 4.69) is 15.5 Å². The third-order valence-electron chi connectivity index (χ3n) is 3.11. The van der Waals surface area contributed by atoms with Crippen LogP contribution in [0.3, 0.4) is 0 Å². The van der Waals surface area contributed by atoms with E-state index in [4.69, 9.17) is 0 Å². The molecule has 1 aliphatic carbocycles. The number of hydrogen-bond donors (Lipinski definition) is 1. The first-order chi connectivity index (χ1) is 7.92. The number of aromatic nitrogens is 2. The Morgan fingerprint density at radius 3 is 2.94 bits per heavy atom. The highest BCUT2D eigenvalue weighted by Gasteiger charge is 2.22. The summed E-state index contributed by atoms with van der Waals surface area (Å²) in [5.74, 6) is 3.23. The Hall–Kier alpha value is -0.130. The Labute approximate surface area is 104 Å². The van der Waals surface area contributed by atoms with Gasteiger partial charge in [0.05, 0.1) is 0 Å². The third kappa shape index (κ3) is 2.76. The van der Waals surface area contributed by atoms with Gasteiger partial charge in [0.15, 0.2) is 0 Å². The van der Waals surface area contributed by atoms with Gasteiger partial charge in [-0.25, -0.2) is 0 Å². The summed E-state index contributed by atoms with van der Waals surface area (Å²) in [4.78, 5) is 0. The Morgan fingerprint density at radius 1 is 1.25 bits per heavy atom. The molecule has 88 valence electrons. The lowest BCUT2D eigenvalue weighted by molar-refractivity contribution is 0.676. The van der Waals surface area contributed by atoms with Crippen molar-refractivity contribution < 1.29 is 0 Å². The van der Waals surface area contributed by atoms with Crippen molar-refractivity contribution >= 4 is 23.1 Å². The minimum absolute atomic E-state index is 0.688. The van der Waals surface area contributed by atoms with Crippen LogP contribution in [0.15, 0.2) is 0 Å². The summed E-state index contributed by atoms with van der Waals surface area (Å²) in [7, 11) is 0. The molecule has 0 spiro atoms. The average molecular weight is 255 g/mol. The standard InChI is InChI=1S/C11H17N3S2/c1-2-9(1)12-5-3-10-13-14-11(16-10)8-4-6-15-7-8/h8-9,12H,1-7H2. The van der Waals surface area contributed by atoms with E-state index in [1.165, 1.54) is 40.8 Å². The van der Waals surface area contributed by atoms with Crippen molar-refractivity contribution in [1.29, 1.82) is 0 Å². The molecule has 1 N–H and O–H groups in total. The quantitative estimate of drug-likeness (QED) is 0.874. The number of nitrogens with zero attached hydrogens (tertiary/aromatic N) is 2. The average Bonchev–Trinajstić information content (AvgIpc) is 2.83. The van der Waals surface area contributed by atoms with Gasteiger partial charge in [-0.1, -0.05) is 0 Å². The maximum Gasteiger partial charge on any atom is 0.121 e. The van der Waals surface area contributed by atoms with Crippen LogP contribution in [0.1, 0.15) is 35.2 Å². The fourth-order valence-electron chi connectivity index (χ4n) is 1.93. The monoisotopic (exact) mass is 255 g/mol. The van der Waals surface area contributed by atoms with E-state index in [1.54, 1.807) is 0 Å². The summed E-state index contributed by atoms with van der Waals surface area (Å²) in [5, 5.41) is 14.6. The van der Waals surface area contributed by atoms with Gasteiger partial charge < -0.3 is 5.32 Å². The minimum atomic E-state index is 0.688. The zero-order valence-electron chi connectivity index (χ0n) is 9.32. The molecule has 1 aliphatic heterocycles. The van der Waals surface area contributed by atoms with Gasteiger partial charge in [-0.05, 0) is 25.0 Å². The molecule has 0 radical (unpaired) electrons. The van der Waals surface area contributed by atoms with Crippen LogP contribution in [-0.4, -0.2) is 34.3 Å². The molecule has 1 saturated heterocycles. The molecule has 1 unspecified atom stereocenters. The van der Waals surface area contributed by atoms with E-state index in [-0.39, 0.29) is 0 Å². The van der Waals surface area contributed by atoms with Crippen molar-refractivity contribution in [3.63, 3.8) is 0 Å². The second-order valence-electron chi connectivity index (χ2n) is 4.57. The van der Waals surface area contributed by atoms with Crippen molar-refractivity contribution in [1.82, 2.24) is 15.5 Å². The van der Waals surface area contributed by atoms with Crippen LogP contribution in [0, 0.1) is 0 Å². The fraction of sp³-hybridized carbons (Fsp3) is 0.818. The predicted octanol–water partition coefficient (Wildman–Crippen LogP) is 2.05. The lowest BCUT2D eigenvalue weighted by Gasteiger charge is -2.00. The van der Waals surface area contributed by atoms with E-state index >= 15 is 0 Å². The highest BCUT2D eigenvalue weighted by Crippen LogP contribution is 2.33. The number of thioether (sulfide) groups is 1. The van der Waals surface area contributed by atoms with E-state index in [0.717, 1.165) is 19.0 Å². The third-order valence-corrected chi connectivity index (χ3v) is 5.42. The van der Waals surface area contributed by atoms with Crippen LogP contribution >= 0.6 is 23.1 Å². The molecule has 1 aromatic heterocycles. The van der Waals surface area contributed by atoms with Gasteiger partial charge in [0.1, 0.15) is 10.0 Å². The first kappa shape index (κ1) is 11.0. The molecule has 0 amide bonds. The number of hydrogen-bond acceptors (Lipinski definition) is 5. The molecule has 2 aliphatic rings. The Balaban J connectivity index is 1.50. The van der Waals surface area contributed by atoms with Gasteiger partial charge in [-0.2, -0.15) is 11.8 Å². The smallest absolute Gasteiger partial charge is 0.121 e. The summed E-state index contributed by atoms with van der Waals surface area (Å²) < 4.78 is 0. The van der Waals surface area contributed by atoms with Crippen molar-refractivity contribution in [2.24, 2.45) is 0 Å². The zero-order chi connectivity index (χ0) is 10.8. The second-order valence-corrected chi connectivity index (χ2v) is 6.82. The summed E-state index contributed by atoms with van der Waals surface area (Å²) >= 11 is 3.87. The van der Waals surface area contributed by atoms with Crippen LogP contribution in [0.25, 0.3) is 0 Å². The molecule has 16 heavy (non-hydrogen) atoms. The number of rotatable bonds is 5. The van der Waals surface area contributed by atoms with Crippen molar-refractivity contribution in [3.05, 3.63) is 10.0 Å². The molecule has 1 saturated carbocycles. The lowest BCUT2D eigenvalue weighted by atomic mass is 10.1. The summed E-state index contributed by atoms with van der Waals surface area (Å²) in [5.41, 5.74) is 0. The predicted molar refractivity (Wildman–Crippen MR) is 69.3 cm³/mol. The van der Waals surface area contributed by atoms with E-state index in [1.807, 2.05) is 23.1 Å². The molecular weight excluding hydrogens is 238 g/mol. The molecule has 1 aromatic rings. The first-order valence-corrected chi connectivity index (χ1v) is 8.02. The second kappa shape index (κ2) is 5.02. The van der Waals surface area contributed by atoms with Crippen LogP contribution in [0.2, 0.25) is 0 Å². The van der Waals surface area contributed by atoms with Gasteiger partial charge in [0.25, 0.3) is 0 Å². The Kier molecular flexibility index (Phi) is 3.45. The minimum Gasteiger partial charge on any atom is -0.314 e. The van der Waals surface area contributed by atoms with Gasteiger partial charge in [-0.15, -0.1) is 21.5 Å². The molecule has 3 rings (SSSR count). The maximum atomic E-state index is 4.34. The molecule has 5 heteroatoms. The molecule has 2 heterocycles. The number of nitrogens with one attached hydrogen (secondary N) is 1. The van der Waals surface area contributed by atoms with E-state index < -0.39 is 0 Å². The highest BCUT2D eigenvalue weighted by atomic mass is 32.2. The van der Waals surface area contributed by atoms with Gasteiger partial charge in [-0.3, -0.25) is 0 Å². The fourth-order valence-corrected chi connectivity index (χ4v) is 4.24. The summed E-state index contributed by atoms with van der Waals surface area (Å²) in [6.07, 6.45) is 5.06. The van der Waals surface area contributed by atoms with Crippen LogP contribution in [-0.2, 0) is 6.42 Å². The normalized spacial score (nSPS) is 25.1. The molecule has 0 aromatic carbocycles. The Morgan fingerprint density at radius 2 is 2.19 bits per heavy atom. The lowest BCUT2D eigenvalue weighted by Crippen LogP contribution is -2.19. The molecular formula is C11H17N3S2. The Bertz CT molecular complexity index is 343. The SMILES string of the molecule is C(Cc1nnc(C2CCSC2)s1)NC1CC1. The van der Waals surface area contributed by atoms with Gasteiger partial charge >= 0.3 is 0 Å². The molecule has 2 fully saturated rings. The van der Waals surface area contributed by atoms with Crippen LogP contribution in [0.5, 0.6) is 0 Å². The molecule has 0 bridgehead atoms. The topological polar surface area (TPSA) is 37.8 Å². The van der Waals surface area contributed by atoms with Gasteiger partial charge in [0.2, 0.25) is 0 Å². The van der Waals surface area contributed by atoms with E-state index in [0.29, 0.717) is 5.92 Å². The first-order valence-electron chi connectivity index (χ1n) is 6.05. The van der Waals surface area contributed by atoms with Crippen molar-refractivity contribution in [2.75, 3.05) is 18.1 Å². The van der Waals surface area contributed by atoms with Crippen LogP contribution < -0.4 is 5.32 Å². The van der Waals surface area contributed by atoms with Crippen molar-refractivity contribution in [3.8, 4) is 0 Å². The van der Waals surface area contributed by atoms with E-state index in [9.17, 15) is 0 Å². The zero-order valence-corrected chi connectivity index (χ0v) is 10.9. The highest BCUT2D eigenvalue weighted by molar-refractivity contribution is 7.99.